The van der Waals surface area contributed by atoms with Crippen LogP contribution in [0.15, 0.2) is 0 Å². The first-order chi connectivity index (χ1) is 8.24. The molecule has 98 valence electrons. The van der Waals surface area contributed by atoms with Gasteiger partial charge in [0.15, 0.2) is 0 Å². The second-order valence-electron chi connectivity index (χ2n) is 5.27. The summed E-state index contributed by atoms with van der Waals surface area (Å²) in [6.07, 6.45) is 4.80. The van der Waals surface area contributed by atoms with Gasteiger partial charge in [-0.25, -0.2) is 0 Å². The molecule has 3 unspecified atom stereocenters. The van der Waals surface area contributed by atoms with Crippen LogP contribution in [0.2, 0.25) is 0 Å². The fourth-order valence-electron chi connectivity index (χ4n) is 2.90. The van der Waals surface area contributed by atoms with Gasteiger partial charge in [-0.1, -0.05) is 12.8 Å². The highest BCUT2D eigenvalue weighted by Gasteiger charge is 2.37. The standard InChI is InChI=1S/C13H24N2O2/c1-10-6-4-3-5-7-15(10)13(16)11-8-17-9-12(11)14-2/h10-12,14H,3-9H2,1-2H3. The molecule has 0 aromatic heterocycles. The maximum absolute atomic E-state index is 12.5. The Labute approximate surface area is 104 Å². The van der Waals surface area contributed by atoms with Crippen molar-refractivity contribution in [2.45, 2.75) is 44.7 Å². The van der Waals surface area contributed by atoms with Gasteiger partial charge in [-0.3, -0.25) is 4.79 Å². The van der Waals surface area contributed by atoms with Crippen molar-refractivity contribution in [1.82, 2.24) is 10.2 Å². The predicted octanol–water partition coefficient (Wildman–Crippen LogP) is 1.01. The first-order valence-corrected chi connectivity index (χ1v) is 6.79. The number of hydrogen-bond acceptors (Lipinski definition) is 3. The second-order valence-corrected chi connectivity index (χ2v) is 5.27. The number of hydrogen-bond donors (Lipinski definition) is 1. The van der Waals surface area contributed by atoms with Gasteiger partial charge in [-0.2, -0.15) is 0 Å². The summed E-state index contributed by atoms with van der Waals surface area (Å²) in [7, 11) is 1.91. The predicted molar refractivity (Wildman–Crippen MR) is 66.8 cm³/mol. The molecule has 17 heavy (non-hydrogen) atoms. The van der Waals surface area contributed by atoms with Gasteiger partial charge in [0, 0.05) is 18.6 Å². The Bertz CT molecular complexity index is 270. The summed E-state index contributed by atoms with van der Waals surface area (Å²) in [5, 5.41) is 3.19. The van der Waals surface area contributed by atoms with E-state index >= 15 is 0 Å². The zero-order chi connectivity index (χ0) is 12.3. The summed E-state index contributed by atoms with van der Waals surface area (Å²) in [5.41, 5.74) is 0. The molecule has 1 amide bonds. The van der Waals surface area contributed by atoms with Gasteiger partial charge in [-0.15, -0.1) is 0 Å². The average molecular weight is 240 g/mol. The van der Waals surface area contributed by atoms with Crippen molar-refractivity contribution < 1.29 is 9.53 Å². The lowest BCUT2D eigenvalue weighted by atomic mass is 10.0. The highest BCUT2D eigenvalue weighted by atomic mass is 16.5. The topological polar surface area (TPSA) is 41.6 Å². The van der Waals surface area contributed by atoms with Crippen molar-refractivity contribution in [3.63, 3.8) is 0 Å². The minimum absolute atomic E-state index is 0.0144. The summed E-state index contributed by atoms with van der Waals surface area (Å²) in [6, 6.07) is 0.584. The quantitative estimate of drug-likeness (QED) is 0.783. The Kier molecular flexibility index (Phi) is 4.40. The number of carbonyl (C=O) groups excluding carboxylic acids is 1. The van der Waals surface area contributed by atoms with Gasteiger partial charge in [0.2, 0.25) is 5.91 Å². The third-order valence-electron chi connectivity index (χ3n) is 4.10. The molecule has 4 heteroatoms. The molecule has 2 rings (SSSR count). The van der Waals surface area contributed by atoms with E-state index in [0.717, 1.165) is 19.4 Å². The Morgan fingerprint density at radius 3 is 2.88 bits per heavy atom. The Hall–Kier alpha value is -0.610. The van der Waals surface area contributed by atoms with E-state index in [1.54, 1.807) is 0 Å². The van der Waals surface area contributed by atoms with Crippen LogP contribution in [-0.2, 0) is 9.53 Å². The number of ether oxygens (including phenoxy) is 1. The maximum atomic E-state index is 12.5. The van der Waals surface area contributed by atoms with Crippen LogP contribution in [0.5, 0.6) is 0 Å². The van der Waals surface area contributed by atoms with Gasteiger partial charge in [-0.05, 0) is 26.8 Å². The molecule has 0 aliphatic carbocycles. The number of rotatable bonds is 2. The zero-order valence-corrected chi connectivity index (χ0v) is 10.9. The van der Waals surface area contributed by atoms with Crippen LogP contribution in [0.25, 0.3) is 0 Å². The molecule has 3 atom stereocenters. The lowest BCUT2D eigenvalue weighted by Crippen LogP contribution is -2.47. The second kappa shape index (κ2) is 5.83. The van der Waals surface area contributed by atoms with E-state index < -0.39 is 0 Å². The lowest BCUT2D eigenvalue weighted by Gasteiger charge is -2.31. The van der Waals surface area contributed by atoms with Crippen molar-refractivity contribution in [2.24, 2.45) is 5.92 Å². The van der Waals surface area contributed by atoms with Crippen molar-refractivity contribution in [2.75, 3.05) is 26.8 Å². The molecule has 2 heterocycles. The molecule has 0 aromatic carbocycles. The molecule has 2 aliphatic heterocycles. The molecule has 2 fully saturated rings. The van der Waals surface area contributed by atoms with Gasteiger partial charge in [0.25, 0.3) is 0 Å². The molecule has 0 spiro atoms. The highest BCUT2D eigenvalue weighted by Crippen LogP contribution is 2.22. The van der Waals surface area contributed by atoms with Crippen LogP contribution in [0.4, 0.5) is 0 Å². The number of likely N-dealkylation sites (N-methyl/N-ethyl adjacent to an activating group) is 1. The van der Waals surface area contributed by atoms with E-state index in [1.807, 2.05) is 7.05 Å². The fraction of sp³-hybridized carbons (Fsp3) is 0.923. The molecule has 1 N–H and O–H groups in total. The van der Waals surface area contributed by atoms with Crippen molar-refractivity contribution >= 4 is 5.91 Å². The number of nitrogens with zero attached hydrogens (tertiary/aromatic N) is 1. The van der Waals surface area contributed by atoms with Gasteiger partial charge in [0.05, 0.1) is 19.1 Å². The van der Waals surface area contributed by atoms with Crippen LogP contribution < -0.4 is 5.32 Å². The van der Waals surface area contributed by atoms with Crippen LogP contribution in [-0.4, -0.2) is 49.7 Å². The number of likely N-dealkylation sites (tertiary alicyclic amines) is 1. The third-order valence-corrected chi connectivity index (χ3v) is 4.10. The molecular weight excluding hydrogens is 216 g/mol. The molecule has 0 saturated carbocycles. The zero-order valence-electron chi connectivity index (χ0n) is 10.9. The van der Waals surface area contributed by atoms with Crippen molar-refractivity contribution in [3.8, 4) is 0 Å². The Balaban J connectivity index is 2.02. The minimum Gasteiger partial charge on any atom is -0.379 e. The summed E-state index contributed by atoms with van der Waals surface area (Å²) >= 11 is 0. The van der Waals surface area contributed by atoms with E-state index in [0.29, 0.717) is 19.3 Å². The average Bonchev–Trinajstić information content (AvgIpc) is 2.71. The first-order valence-electron chi connectivity index (χ1n) is 6.79. The van der Waals surface area contributed by atoms with E-state index in [1.165, 1.54) is 12.8 Å². The molecule has 2 aliphatic rings. The first kappa shape index (κ1) is 12.8. The molecule has 0 radical (unpaired) electrons. The normalized spacial score (nSPS) is 34.7. The smallest absolute Gasteiger partial charge is 0.229 e. The summed E-state index contributed by atoms with van der Waals surface area (Å²) in [5.74, 6) is 0.303. The minimum atomic E-state index is 0.0144. The van der Waals surface area contributed by atoms with Crippen LogP contribution >= 0.6 is 0 Å². The Morgan fingerprint density at radius 2 is 2.12 bits per heavy atom. The van der Waals surface area contributed by atoms with Crippen LogP contribution in [0, 0.1) is 5.92 Å². The van der Waals surface area contributed by atoms with Gasteiger partial charge < -0.3 is 15.0 Å². The van der Waals surface area contributed by atoms with Gasteiger partial charge in [0.1, 0.15) is 0 Å². The summed E-state index contributed by atoms with van der Waals surface area (Å²) in [4.78, 5) is 14.6. The van der Waals surface area contributed by atoms with E-state index in [9.17, 15) is 4.79 Å². The van der Waals surface area contributed by atoms with Crippen molar-refractivity contribution in [3.05, 3.63) is 0 Å². The molecule has 0 bridgehead atoms. The van der Waals surface area contributed by atoms with E-state index in [2.05, 4.69) is 17.1 Å². The van der Waals surface area contributed by atoms with E-state index in [4.69, 9.17) is 4.74 Å². The largest absolute Gasteiger partial charge is 0.379 e. The SMILES string of the molecule is CNC1COCC1C(=O)N1CCCCCC1C. The molecule has 2 saturated heterocycles. The summed E-state index contributed by atoms with van der Waals surface area (Å²) < 4.78 is 5.43. The monoisotopic (exact) mass is 240 g/mol. The number of nitrogens with one attached hydrogen (secondary N) is 1. The summed E-state index contributed by atoms with van der Waals surface area (Å²) in [6.45, 7) is 4.34. The molecule has 0 aromatic rings. The van der Waals surface area contributed by atoms with E-state index in [-0.39, 0.29) is 17.9 Å². The number of carbonyl (C=O) groups is 1. The van der Waals surface area contributed by atoms with Crippen LogP contribution in [0.1, 0.15) is 32.6 Å². The highest BCUT2D eigenvalue weighted by molar-refractivity contribution is 5.80. The van der Waals surface area contributed by atoms with Gasteiger partial charge >= 0.3 is 0 Å². The molecule has 4 nitrogen and oxygen atoms in total. The lowest BCUT2D eigenvalue weighted by molar-refractivity contribution is -0.138. The fourth-order valence-corrected chi connectivity index (χ4v) is 2.90. The van der Waals surface area contributed by atoms with Crippen LogP contribution in [0.3, 0.4) is 0 Å². The Morgan fingerprint density at radius 1 is 1.29 bits per heavy atom. The molecular formula is C13H24N2O2. The number of amides is 1. The third kappa shape index (κ3) is 2.80. The van der Waals surface area contributed by atoms with Crippen molar-refractivity contribution in [1.29, 1.82) is 0 Å². The maximum Gasteiger partial charge on any atom is 0.229 e.